The van der Waals surface area contributed by atoms with Gasteiger partial charge < -0.3 is 4.98 Å². The van der Waals surface area contributed by atoms with Crippen molar-refractivity contribution in [2.45, 2.75) is 23.3 Å². The fourth-order valence-corrected chi connectivity index (χ4v) is 4.32. The number of fused-ring (bicyclic) bond motifs is 3. The molecule has 0 unspecified atom stereocenters. The Kier molecular flexibility index (Phi) is 2.20. The summed E-state index contributed by atoms with van der Waals surface area (Å²) in [5, 5.41) is 1.07. The minimum absolute atomic E-state index is 0.206. The monoisotopic (exact) mass is 296 g/mol. The predicted octanol–water partition coefficient (Wildman–Crippen LogP) is 4.57. The van der Waals surface area contributed by atoms with E-state index in [1.807, 2.05) is 12.3 Å². The van der Waals surface area contributed by atoms with Crippen molar-refractivity contribution < 1.29 is 4.39 Å². The van der Waals surface area contributed by atoms with Gasteiger partial charge in [-0.15, -0.1) is 0 Å². The average molecular weight is 296 g/mol. The number of nitrogens with one attached hydrogen (secondary N) is 2. The Morgan fingerprint density at radius 1 is 1.10 bits per heavy atom. The number of rotatable bonds is 1. The van der Waals surface area contributed by atoms with E-state index in [2.05, 4.69) is 27.9 Å². The van der Waals surface area contributed by atoms with E-state index in [0.29, 0.717) is 0 Å². The first-order valence-corrected chi connectivity index (χ1v) is 7.92. The van der Waals surface area contributed by atoms with Gasteiger partial charge in [0.2, 0.25) is 0 Å². The summed E-state index contributed by atoms with van der Waals surface area (Å²) in [5.41, 5.74) is 4.82. The van der Waals surface area contributed by atoms with Gasteiger partial charge in [0.1, 0.15) is 5.82 Å². The molecule has 1 spiro atoms. The normalized spacial score (nSPS) is 18.3. The minimum atomic E-state index is -0.206. The number of aromatic nitrogens is 1. The molecule has 0 atom stereocenters. The van der Waals surface area contributed by atoms with Crippen LogP contribution in [0.25, 0.3) is 22.0 Å². The summed E-state index contributed by atoms with van der Waals surface area (Å²) >= 11 is 1.74. The Balaban J connectivity index is 1.70. The molecule has 1 saturated carbocycles. The van der Waals surface area contributed by atoms with Gasteiger partial charge in [-0.05, 0) is 66.2 Å². The van der Waals surface area contributed by atoms with E-state index >= 15 is 0 Å². The molecule has 1 aliphatic carbocycles. The number of benzene rings is 2. The molecule has 0 saturated heterocycles. The van der Waals surface area contributed by atoms with Crippen molar-refractivity contribution in [3.8, 4) is 11.1 Å². The first kappa shape index (κ1) is 11.8. The lowest BCUT2D eigenvalue weighted by Crippen LogP contribution is -2.15. The zero-order valence-electron chi connectivity index (χ0n) is 11.2. The largest absolute Gasteiger partial charge is 0.360 e. The van der Waals surface area contributed by atoms with Gasteiger partial charge in [-0.2, -0.15) is 0 Å². The summed E-state index contributed by atoms with van der Waals surface area (Å²) in [7, 11) is 0. The highest BCUT2D eigenvalue weighted by Crippen LogP contribution is 2.55. The molecule has 0 bridgehead atoms. The SMILES string of the molecule is Fc1ccc2c(-c3ccc4c(c3)C3(CC3)NS4)c[nH]c2c1. The maximum atomic E-state index is 13.3. The van der Waals surface area contributed by atoms with Crippen LogP contribution < -0.4 is 4.72 Å². The molecular weight excluding hydrogens is 283 g/mol. The highest BCUT2D eigenvalue weighted by Gasteiger charge is 2.49. The highest BCUT2D eigenvalue weighted by atomic mass is 32.2. The molecule has 2 nitrogen and oxygen atoms in total. The second kappa shape index (κ2) is 3.90. The van der Waals surface area contributed by atoms with Crippen molar-refractivity contribution in [3.63, 3.8) is 0 Å². The van der Waals surface area contributed by atoms with Crippen molar-refractivity contribution in [3.05, 3.63) is 54.0 Å². The van der Waals surface area contributed by atoms with Crippen molar-refractivity contribution in [2.24, 2.45) is 0 Å². The van der Waals surface area contributed by atoms with Crippen molar-refractivity contribution >= 4 is 22.9 Å². The van der Waals surface area contributed by atoms with E-state index in [4.69, 9.17) is 0 Å². The quantitative estimate of drug-likeness (QED) is 0.644. The fraction of sp³-hybridized carbons (Fsp3) is 0.176. The Labute approximate surface area is 125 Å². The minimum Gasteiger partial charge on any atom is -0.360 e. The summed E-state index contributed by atoms with van der Waals surface area (Å²) in [6, 6.07) is 11.6. The first-order valence-electron chi connectivity index (χ1n) is 7.11. The van der Waals surface area contributed by atoms with Gasteiger partial charge in [0.05, 0.1) is 5.54 Å². The summed E-state index contributed by atoms with van der Waals surface area (Å²) < 4.78 is 16.9. The molecule has 0 amide bonds. The Morgan fingerprint density at radius 2 is 2.00 bits per heavy atom. The smallest absolute Gasteiger partial charge is 0.125 e. The van der Waals surface area contributed by atoms with Crippen LogP contribution in [0.2, 0.25) is 0 Å². The van der Waals surface area contributed by atoms with Crippen LogP contribution in [-0.2, 0) is 5.54 Å². The number of aromatic amines is 1. The second-order valence-corrected chi connectivity index (χ2v) is 6.74. The molecule has 104 valence electrons. The Hall–Kier alpha value is -1.78. The molecular formula is C17H13FN2S. The van der Waals surface area contributed by atoms with Gasteiger partial charge in [0, 0.05) is 27.6 Å². The maximum Gasteiger partial charge on any atom is 0.125 e. The Bertz CT molecular complexity index is 880. The van der Waals surface area contributed by atoms with Crippen molar-refractivity contribution in [1.29, 1.82) is 0 Å². The molecule has 2 aromatic carbocycles. The molecule has 5 rings (SSSR count). The molecule has 1 fully saturated rings. The highest BCUT2D eigenvalue weighted by molar-refractivity contribution is 7.97. The van der Waals surface area contributed by atoms with E-state index in [0.717, 1.165) is 16.5 Å². The lowest BCUT2D eigenvalue weighted by Gasteiger charge is -2.09. The van der Waals surface area contributed by atoms with E-state index in [1.54, 1.807) is 18.0 Å². The number of H-pyrrole nitrogens is 1. The van der Waals surface area contributed by atoms with Crippen LogP contribution in [-0.4, -0.2) is 4.98 Å². The second-order valence-electron chi connectivity index (χ2n) is 5.89. The molecule has 0 radical (unpaired) electrons. The van der Waals surface area contributed by atoms with E-state index < -0.39 is 0 Å². The standard InChI is InChI=1S/C17H13FN2S/c18-11-2-3-12-13(9-19-15(12)8-11)10-1-4-16-14(7-10)17(5-6-17)20-21-16/h1-4,7-9,19-20H,5-6H2. The van der Waals surface area contributed by atoms with Gasteiger partial charge in [0.25, 0.3) is 0 Å². The molecule has 2 heterocycles. The summed E-state index contributed by atoms with van der Waals surface area (Å²) in [5.74, 6) is -0.206. The van der Waals surface area contributed by atoms with Crippen LogP contribution in [0.3, 0.4) is 0 Å². The number of hydrogen-bond acceptors (Lipinski definition) is 2. The van der Waals surface area contributed by atoms with Gasteiger partial charge in [-0.3, -0.25) is 0 Å². The van der Waals surface area contributed by atoms with Crippen LogP contribution in [0.1, 0.15) is 18.4 Å². The van der Waals surface area contributed by atoms with Crippen molar-refractivity contribution in [2.75, 3.05) is 0 Å². The summed E-state index contributed by atoms with van der Waals surface area (Å²) in [6.07, 6.45) is 4.41. The summed E-state index contributed by atoms with van der Waals surface area (Å²) in [6.45, 7) is 0. The van der Waals surface area contributed by atoms with Crippen LogP contribution in [0.4, 0.5) is 4.39 Å². The fourth-order valence-electron chi connectivity index (χ4n) is 3.20. The molecule has 2 aliphatic rings. The van der Waals surface area contributed by atoms with Gasteiger partial charge in [-0.1, -0.05) is 6.07 Å². The third-order valence-electron chi connectivity index (χ3n) is 4.56. The Morgan fingerprint density at radius 3 is 2.86 bits per heavy atom. The van der Waals surface area contributed by atoms with Crippen LogP contribution in [0, 0.1) is 5.82 Å². The first-order chi connectivity index (χ1) is 10.3. The van der Waals surface area contributed by atoms with Gasteiger partial charge in [-0.25, -0.2) is 9.11 Å². The van der Waals surface area contributed by atoms with Crippen molar-refractivity contribution in [1.82, 2.24) is 9.71 Å². The molecule has 21 heavy (non-hydrogen) atoms. The molecule has 1 aliphatic heterocycles. The number of hydrogen-bond donors (Lipinski definition) is 2. The average Bonchev–Trinajstić information content (AvgIpc) is 3.03. The van der Waals surface area contributed by atoms with Crippen LogP contribution >= 0.6 is 11.9 Å². The molecule has 4 heteroatoms. The molecule has 3 aromatic rings. The third kappa shape index (κ3) is 1.63. The van der Waals surface area contributed by atoms with Gasteiger partial charge in [0.15, 0.2) is 0 Å². The zero-order valence-corrected chi connectivity index (χ0v) is 12.1. The molecule has 2 N–H and O–H groups in total. The predicted molar refractivity (Wildman–Crippen MR) is 83.6 cm³/mol. The van der Waals surface area contributed by atoms with E-state index in [-0.39, 0.29) is 11.4 Å². The zero-order chi connectivity index (χ0) is 14.0. The van der Waals surface area contributed by atoms with E-state index in [1.165, 1.54) is 34.9 Å². The van der Waals surface area contributed by atoms with Crippen LogP contribution in [0.5, 0.6) is 0 Å². The topological polar surface area (TPSA) is 27.8 Å². The molecule has 1 aromatic heterocycles. The maximum absolute atomic E-state index is 13.3. The summed E-state index contributed by atoms with van der Waals surface area (Å²) in [4.78, 5) is 4.51. The lowest BCUT2D eigenvalue weighted by molar-refractivity contribution is 0.629. The van der Waals surface area contributed by atoms with E-state index in [9.17, 15) is 4.39 Å². The van der Waals surface area contributed by atoms with Crippen LogP contribution in [0.15, 0.2) is 47.5 Å². The van der Waals surface area contributed by atoms with Gasteiger partial charge >= 0.3 is 0 Å². The lowest BCUT2D eigenvalue weighted by atomic mass is 9.98. The number of halogens is 1. The third-order valence-corrected chi connectivity index (χ3v) is 5.62.